The van der Waals surface area contributed by atoms with Crippen LogP contribution in [-0.4, -0.2) is 16.5 Å². The number of hydrogen-bond acceptors (Lipinski definition) is 2. The highest BCUT2D eigenvalue weighted by atomic mass is 15.0. The molecule has 0 saturated carbocycles. The number of hydrogen-bond donors (Lipinski definition) is 2. The van der Waals surface area contributed by atoms with Crippen molar-refractivity contribution in [1.82, 2.24) is 15.3 Å². The third kappa shape index (κ3) is 1.61. The van der Waals surface area contributed by atoms with Gasteiger partial charge >= 0.3 is 0 Å². The minimum absolute atomic E-state index is 0.477. The third-order valence-corrected chi connectivity index (χ3v) is 3.57. The number of fused-ring (bicyclic) bond motifs is 1. The Labute approximate surface area is 90.0 Å². The second-order valence-electron chi connectivity index (χ2n) is 4.49. The average molecular weight is 203 g/mol. The van der Waals surface area contributed by atoms with Gasteiger partial charge in [0.25, 0.3) is 0 Å². The quantitative estimate of drug-likeness (QED) is 0.685. The Hall–Kier alpha value is -1.09. The smallest absolute Gasteiger partial charge is 0.0925 e. The molecule has 80 valence electrons. The fourth-order valence-electron chi connectivity index (χ4n) is 2.76. The summed E-state index contributed by atoms with van der Waals surface area (Å²) < 4.78 is 0. The molecule has 3 rings (SSSR count). The van der Waals surface area contributed by atoms with Crippen LogP contribution >= 0.6 is 0 Å². The van der Waals surface area contributed by atoms with Crippen LogP contribution in [0.4, 0.5) is 0 Å². The van der Waals surface area contributed by atoms with E-state index < -0.39 is 0 Å². The zero-order valence-corrected chi connectivity index (χ0v) is 8.87. The molecule has 0 fully saturated rings. The van der Waals surface area contributed by atoms with Crippen LogP contribution in [0.15, 0.2) is 18.5 Å². The Morgan fingerprint density at radius 2 is 2.33 bits per heavy atom. The summed E-state index contributed by atoms with van der Waals surface area (Å²) in [6, 6.07) is 0.477. The summed E-state index contributed by atoms with van der Waals surface area (Å²) >= 11 is 0. The molecule has 2 heterocycles. The summed E-state index contributed by atoms with van der Waals surface area (Å²) in [6.07, 6.45) is 11.3. The number of H-pyrrole nitrogens is 1. The molecule has 0 radical (unpaired) electrons. The molecule has 0 spiro atoms. The van der Waals surface area contributed by atoms with Crippen LogP contribution in [0.5, 0.6) is 0 Å². The fourth-order valence-corrected chi connectivity index (χ4v) is 2.76. The van der Waals surface area contributed by atoms with E-state index >= 15 is 0 Å². The summed E-state index contributed by atoms with van der Waals surface area (Å²) in [5.41, 5.74) is 2.61. The normalized spacial score (nSPS) is 30.1. The predicted octanol–water partition coefficient (Wildman–Crippen LogP) is 1.95. The van der Waals surface area contributed by atoms with E-state index in [4.69, 9.17) is 0 Å². The van der Waals surface area contributed by atoms with E-state index in [1.54, 1.807) is 0 Å². The van der Waals surface area contributed by atoms with Crippen molar-refractivity contribution in [3.05, 3.63) is 29.9 Å². The van der Waals surface area contributed by atoms with Crippen molar-refractivity contribution in [2.45, 2.75) is 31.7 Å². The zero-order chi connectivity index (χ0) is 10.1. The summed E-state index contributed by atoms with van der Waals surface area (Å²) in [4.78, 5) is 7.73. The highest BCUT2D eigenvalue weighted by molar-refractivity contribution is 5.20. The van der Waals surface area contributed by atoms with E-state index in [9.17, 15) is 0 Å². The number of allylic oxidation sites excluding steroid dienone is 2. The molecule has 2 N–H and O–H groups in total. The Kier molecular flexibility index (Phi) is 2.33. The SMILES string of the molecule is C1=CCC(C2NCCc3[nH]cnc32)CC1. The Morgan fingerprint density at radius 1 is 1.33 bits per heavy atom. The van der Waals surface area contributed by atoms with E-state index in [-0.39, 0.29) is 0 Å². The van der Waals surface area contributed by atoms with Crippen LogP contribution < -0.4 is 5.32 Å². The van der Waals surface area contributed by atoms with Gasteiger partial charge in [-0.2, -0.15) is 0 Å². The van der Waals surface area contributed by atoms with Gasteiger partial charge in [-0.1, -0.05) is 12.2 Å². The van der Waals surface area contributed by atoms with Gasteiger partial charge in [-0.15, -0.1) is 0 Å². The highest BCUT2D eigenvalue weighted by Crippen LogP contribution is 2.33. The Bertz CT molecular complexity index is 367. The number of rotatable bonds is 1. The number of nitrogens with zero attached hydrogens (tertiary/aromatic N) is 1. The maximum Gasteiger partial charge on any atom is 0.0925 e. The van der Waals surface area contributed by atoms with E-state index in [0.29, 0.717) is 6.04 Å². The Balaban J connectivity index is 1.85. The van der Waals surface area contributed by atoms with Gasteiger partial charge in [0.1, 0.15) is 0 Å². The van der Waals surface area contributed by atoms with E-state index in [1.165, 1.54) is 30.7 Å². The fraction of sp³-hybridized carbons (Fsp3) is 0.583. The summed E-state index contributed by atoms with van der Waals surface area (Å²) in [7, 11) is 0. The number of aromatic nitrogens is 2. The van der Waals surface area contributed by atoms with Crippen molar-refractivity contribution in [2.75, 3.05) is 6.54 Å². The molecule has 1 aromatic heterocycles. The van der Waals surface area contributed by atoms with Crippen molar-refractivity contribution in [1.29, 1.82) is 0 Å². The molecule has 1 aromatic rings. The molecule has 0 amide bonds. The minimum Gasteiger partial charge on any atom is -0.348 e. The van der Waals surface area contributed by atoms with Gasteiger partial charge in [0.2, 0.25) is 0 Å². The maximum absolute atomic E-state index is 4.47. The second-order valence-corrected chi connectivity index (χ2v) is 4.49. The lowest BCUT2D eigenvalue weighted by Crippen LogP contribution is -2.35. The van der Waals surface area contributed by atoms with Crippen molar-refractivity contribution < 1.29 is 0 Å². The predicted molar refractivity (Wildman–Crippen MR) is 59.5 cm³/mol. The molecule has 1 aliphatic heterocycles. The topological polar surface area (TPSA) is 40.7 Å². The first kappa shape index (κ1) is 9.16. The lowest BCUT2D eigenvalue weighted by molar-refractivity contribution is 0.319. The van der Waals surface area contributed by atoms with Crippen molar-refractivity contribution in [3.63, 3.8) is 0 Å². The second kappa shape index (κ2) is 3.81. The van der Waals surface area contributed by atoms with Gasteiger partial charge in [0.05, 0.1) is 18.1 Å². The van der Waals surface area contributed by atoms with E-state index in [1.807, 2.05) is 6.33 Å². The van der Waals surface area contributed by atoms with Crippen LogP contribution in [0.2, 0.25) is 0 Å². The standard InChI is InChI=1S/C12H17N3/c1-2-4-9(5-3-1)11-12-10(6-7-13-11)14-8-15-12/h1-2,8-9,11,13H,3-7H2,(H,14,15). The molecule has 1 aliphatic carbocycles. The Morgan fingerprint density at radius 3 is 3.20 bits per heavy atom. The lowest BCUT2D eigenvalue weighted by Gasteiger charge is -2.31. The number of nitrogens with one attached hydrogen (secondary N) is 2. The van der Waals surface area contributed by atoms with Crippen molar-refractivity contribution in [3.8, 4) is 0 Å². The molecular weight excluding hydrogens is 186 g/mol. The first-order valence-corrected chi connectivity index (χ1v) is 5.85. The molecule has 0 saturated heterocycles. The summed E-state index contributed by atoms with van der Waals surface area (Å²) in [5, 5.41) is 3.61. The summed E-state index contributed by atoms with van der Waals surface area (Å²) in [6.45, 7) is 1.08. The van der Waals surface area contributed by atoms with Crippen molar-refractivity contribution in [2.24, 2.45) is 5.92 Å². The molecule has 3 heteroatoms. The molecule has 0 aromatic carbocycles. The zero-order valence-electron chi connectivity index (χ0n) is 8.87. The number of aromatic amines is 1. The molecule has 15 heavy (non-hydrogen) atoms. The van der Waals surface area contributed by atoms with Gasteiger partial charge in [-0.3, -0.25) is 0 Å². The monoisotopic (exact) mass is 203 g/mol. The molecule has 2 aliphatic rings. The molecule has 3 nitrogen and oxygen atoms in total. The van der Waals surface area contributed by atoms with E-state index in [0.717, 1.165) is 18.9 Å². The molecule has 2 unspecified atom stereocenters. The average Bonchev–Trinajstić information content (AvgIpc) is 2.78. The van der Waals surface area contributed by atoms with Gasteiger partial charge in [0, 0.05) is 18.7 Å². The van der Waals surface area contributed by atoms with Crippen LogP contribution in [-0.2, 0) is 6.42 Å². The molecule has 2 atom stereocenters. The van der Waals surface area contributed by atoms with Crippen LogP contribution in [0.3, 0.4) is 0 Å². The molecule has 0 bridgehead atoms. The van der Waals surface area contributed by atoms with Gasteiger partial charge in [0.15, 0.2) is 0 Å². The largest absolute Gasteiger partial charge is 0.348 e. The van der Waals surface area contributed by atoms with Crippen LogP contribution in [0.1, 0.15) is 36.7 Å². The van der Waals surface area contributed by atoms with Crippen LogP contribution in [0.25, 0.3) is 0 Å². The van der Waals surface area contributed by atoms with E-state index in [2.05, 4.69) is 27.4 Å². The van der Waals surface area contributed by atoms with Crippen LogP contribution in [0, 0.1) is 5.92 Å². The van der Waals surface area contributed by atoms with Crippen molar-refractivity contribution >= 4 is 0 Å². The highest BCUT2D eigenvalue weighted by Gasteiger charge is 2.29. The van der Waals surface area contributed by atoms with Gasteiger partial charge < -0.3 is 10.3 Å². The van der Waals surface area contributed by atoms with Gasteiger partial charge in [-0.25, -0.2) is 4.98 Å². The lowest BCUT2D eigenvalue weighted by atomic mass is 9.84. The van der Waals surface area contributed by atoms with Gasteiger partial charge in [-0.05, 0) is 25.2 Å². The third-order valence-electron chi connectivity index (χ3n) is 3.57. The first-order valence-electron chi connectivity index (χ1n) is 5.85. The summed E-state index contributed by atoms with van der Waals surface area (Å²) in [5.74, 6) is 0.734. The minimum atomic E-state index is 0.477. The number of imidazole rings is 1. The first-order chi connectivity index (χ1) is 7.45. The maximum atomic E-state index is 4.47. The molecular formula is C12H17N3.